The second-order valence-corrected chi connectivity index (χ2v) is 6.11. The fraction of sp³-hybridized carbons (Fsp3) is 0.143. The largest absolute Gasteiger partial charge is 0.465 e. The molecule has 0 radical (unpaired) electrons. The number of para-hydroxylation sites is 1. The zero-order valence-corrected chi connectivity index (χ0v) is 15.8. The minimum absolute atomic E-state index is 0.316. The third-order valence-electron chi connectivity index (χ3n) is 4.33. The molecule has 0 atom stereocenters. The average Bonchev–Trinajstić information content (AvgIpc) is 3.01. The number of nitrogens with zero attached hydrogens (tertiary/aromatic N) is 3. The third kappa shape index (κ3) is 3.83. The number of aromatic nitrogens is 2. The van der Waals surface area contributed by atoms with Gasteiger partial charge in [-0.2, -0.15) is 5.10 Å². The quantitative estimate of drug-likeness (QED) is 0.421. The van der Waals surface area contributed by atoms with E-state index in [1.54, 1.807) is 42.9 Å². The molecule has 142 valence electrons. The van der Waals surface area contributed by atoms with E-state index < -0.39 is 5.97 Å². The molecule has 0 aliphatic rings. The molecule has 0 bridgehead atoms. The van der Waals surface area contributed by atoms with Crippen LogP contribution in [0.5, 0.6) is 0 Å². The van der Waals surface area contributed by atoms with Crippen molar-refractivity contribution >= 4 is 18.1 Å². The molecular weight excluding hydrogens is 356 g/mol. The van der Waals surface area contributed by atoms with Gasteiger partial charge in [0.15, 0.2) is 0 Å². The first-order valence-electron chi connectivity index (χ1n) is 8.63. The number of carbonyl (C=O) groups is 2. The van der Waals surface area contributed by atoms with E-state index in [1.165, 1.54) is 7.11 Å². The molecule has 28 heavy (non-hydrogen) atoms. The normalized spacial score (nSPS) is 10.8. The molecule has 2 aromatic heterocycles. The number of methoxy groups -OCH3 is 1. The number of rotatable bonds is 5. The Morgan fingerprint density at radius 3 is 2.57 bits per heavy atom. The van der Waals surface area contributed by atoms with Crippen LogP contribution in [0.1, 0.15) is 37.7 Å². The second kappa shape index (κ2) is 8.30. The molecule has 0 aliphatic heterocycles. The lowest BCUT2D eigenvalue weighted by molar-refractivity contribution is 0.0600. The van der Waals surface area contributed by atoms with Crippen LogP contribution >= 0.6 is 0 Å². The smallest absolute Gasteiger partial charge is 0.339 e. The van der Waals surface area contributed by atoms with Gasteiger partial charge in [-0.3, -0.25) is 9.78 Å². The highest BCUT2D eigenvalue weighted by atomic mass is 16.5. The van der Waals surface area contributed by atoms with Crippen LogP contribution in [0.2, 0.25) is 0 Å². The zero-order chi connectivity index (χ0) is 20.1. The average molecular weight is 376 g/mol. The van der Waals surface area contributed by atoms with Gasteiger partial charge in [-0.1, -0.05) is 12.1 Å². The monoisotopic (exact) mass is 376 g/mol. The second-order valence-electron chi connectivity index (χ2n) is 6.11. The fourth-order valence-electron chi connectivity index (χ4n) is 2.97. The number of ether oxygens (including phenoxy) is 1. The Bertz CT molecular complexity index is 1040. The fourth-order valence-corrected chi connectivity index (χ4v) is 2.97. The van der Waals surface area contributed by atoms with Crippen molar-refractivity contribution in [3.63, 3.8) is 0 Å². The number of hydrogen-bond acceptors (Lipinski definition) is 5. The van der Waals surface area contributed by atoms with Crippen LogP contribution in [0.25, 0.3) is 5.69 Å². The van der Waals surface area contributed by atoms with Crippen molar-refractivity contribution in [3.8, 4) is 5.69 Å². The summed E-state index contributed by atoms with van der Waals surface area (Å²) in [5.74, 6) is -0.716. The molecule has 0 saturated heterocycles. The lowest BCUT2D eigenvalue weighted by Gasteiger charge is -2.13. The van der Waals surface area contributed by atoms with Gasteiger partial charge < -0.3 is 9.30 Å². The molecule has 0 spiro atoms. The number of pyridine rings is 1. The number of benzene rings is 1. The van der Waals surface area contributed by atoms with Gasteiger partial charge in [0.05, 0.1) is 24.6 Å². The molecular formula is C21H20N4O3. The van der Waals surface area contributed by atoms with Crippen LogP contribution in [0, 0.1) is 13.8 Å². The predicted octanol–water partition coefficient (Wildman–Crippen LogP) is 3.04. The number of aryl methyl sites for hydroxylation is 1. The first-order chi connectivity index (χ1) is 13.5. The maximum Gasteiger partial charge on any atom is 0.339 e. The number of hydrogen-bond donors (Lipinski definition) is 1. The summed E-state index contributed by atoms with van der Waals surface area (Å²) in [6.07, 6.45) is 4.68. The summed E-state index contributed by atoms with van der Waals surface area (Å²) in [5.41, 5.74) is 6.82. The van der Waals surface area contributed by atoms with Crippen LogP contribution in [-0.4, -0.2) is 34.8 Å². The predicted molar refractivity (Wildman–Crippen MR) is 106 cm³/mol. The molecule has 0 saturated carbocycles. The molecule has 2 heterocycles. The summed E-state index contributed by atoms with van der Waals surface area (Å²) in [7, 11) is 1.36. The van der Waals surface area contributed by atoms with Gasteiger partial charge >= 0.3 is 5.97 Å². The maximum atomic E-state index is 12.1. The summed E-state index contributed by atoms with van der Waals surface area (Å²) in [5, 5.41) is 4.05. The van der Waals surface area contributed by atoms with Crippen LogP contribution in [0.3, 0.4) is 0 Å². The third-order valence-corrected chi connectivity index (χ3v) is 4.33. The molecule has 1 N–H and O–H groups in total. The zero-order valence-electron chi connectivity index (χ0n) is 15.8. The minimum Gasteiger partial charge on any atom is -0.465 e. The number of amides is 1. The van der Waals surface area contributed by atoms with Crippen molar-refractivity contribution in [2.24, 2.45) is 5.10 Å². The topological polar surface area (TPSA) is 85.6 Å². The van der Waals surface area contributed by atoms with Crippen molar-refractivity contribution < 1.29 is 14.3 Å². The van der Waals surface area contributed by atoms with Gasteiger partial charge in [-0.05, 0) is 44.2 Å². The number of carbonyl (C=O) groups excluding carboxylic acids is 2. The Morgan fingerprint density at radius 2 is 1.86 bits per heavy atom. The van der Waals surface area contributed by atoms with Crippen molar-refractivity contribution in [3.05, 3.63) is 82.9 Å². The van der Waals surface area contributed by atoms with Crippen LogP contribution in [0.4, 0.5) is 0 Å². The maximum absolute atomic E-state index is 12.1. The SMILES string of the molecule is COC(=O)c1ccccc1-n1c(C)cc(/C=N\NC(=O)c2ccncc2)c1C. The van der Waals surface area contributed by atoms with Gasteiger partial charge in [0, 0.05) is 34.9 Å². The Balaban J connectivity index is 1.87. The van der Waals surface area contributed by atoms with Gasteiger partial charge in [-0.25, -0.2) is 10.2 Å². The number of esters is 1. The molecule has 7 heteroatoms. The van der Waals surface area contributed by atoms with Gasteiger partial charge in [0.25, 0.3) is 5.91 Å². The summed E-state index contributed by atoms with van der Waals surface area (Å²) < 4.78 is 6.84. The molecule has 0 unspecified atom stereocenters. The van der Waals surface area contributed by atoms with Gasteiger partial charge in [0.1, 0.15) is 0 Å². The van der Waals surface area contributed by atoms with Crippen LogP contribution < -0.4 is 5.43 Å². The van der Waals surface area contributed by atoms with E-state index in [0.29, 0.717) is 11.1 Å². The Hall–Kier alpha value is -3.74. The van der Waals surface area contributed by atoms with E-state index in [4.69, 9.17) is 4.74 Å². The van der Waals surface area contributed by atoms with E-state index in [1.807, 2.05) is 36.6 Å². The van der Waals surface area contributed by atoms with E-state index in [-0.39, 0.29) is 5.91 Å². The Labute approximate surface area is 162 Å². The van der Waals surface area contributed by atoms with Crippen LogP contribution in [0.15, 0.2) is 60.0 Å². The van der Waals surface area contributed by atoms with Crippen molar-refractivity contribution in [1.29, 1.82) is 0 Å². The lowest BCUT2D eigenvalue weighted by atomic mass is 10.1. The van der Waals surface area contributed by atoms with Crippen molar-refractivity contribution in [2.45, 2.75) is 13.8 Å². The number of nitrogens with one attached hydrogen (secondary N) is 1. The highest BCUT2D eigenvalue weighted by Crippen LogP contribution is 2.23. The van der Waals surface area contributed by atoms with Gasteiger partial charge in [0.2, 0.25) is 0 Å². The van der Waals surface area contributed by atoms with Gasteiger partial charge in [-0.15, -0.1) is 0 Å². The lowest BCUT2D eigenvalue weighted by Crippen LogP contribution is -2.17. The molecule has 0 aliphatic carbocycles. The standard InChI is InChI=1S/C21H20N4O3/c1-14-12-17(13-23-24-20(26)16-8-10-22-11-9-16)15(2)25(14)19-7-5-4-6-18(19)21(27)28-3/h4-13H,1-3H3,(H,24,26)/b23-13-. The summed E-state index contributed by atoms with van der Waals surface area (Å²) in [6, 6.07) is 12.4. The van der Waals surface area contributed by atoms with E-state index >= 15 is 0 Å². The molecule has 3 aromatic rings. The summed E-state index contributed by atoms with van der Waals surface area (Å²) >= 11 is 0. The molecule has 0 fully saturated rings. The van der Waals surface area contributed by atoms with Crippen molar-refractivity contribution in [2.75, 3.05) is 7.11 Å². The van der Waals surface area contributed by atoms with E-state index in [0.717, 1.165) is 22.6 Å². The first kappa shape index (κ1) is 19.0. The minimum atomic E-state index is -0.400. The van der Waals surface area contributed by atoms with E-state index in [2.05, 4.69) is 15.5 Å². The summed E-state index contributed by atoms with van der Waals surface area (Å²) in [4.78, 5) is 28.0. The summed E-state index contributed by atoms with van der Waals surface area (Å²) in [6.45, 7) is 3.86. The molecule has 1 aromatic carbocycles. The highest BCUT2D eigenvalue weighted by molar-refractivity contribution is 5.95. The molecule has 7 nitrogen and oxygen atoms in total. The van der Waals surface area contributed by atoms with Crippen molar-refractivity contribution in [1.82, 2.24) is 15.0 Å². The Kier molecular flexibility index (Phi) is 5.64. The Morgan fingerprint density at radius 1 is 1.14 bits per heavy atom. The molecule has 3 rings (SSSR count). The number of hydrazone groups is 1. The van der Waals surface area contributed by atoms with Crippen LogP contribution in [-0.2, 0) is 4.74 Å². The first-order valence-corrected chi connectivity index (χ1v) is 8.63. The highest BCUT2D eigenvalue weighted by Gasteiger charge is 2.17. The van der Waals surface area contributed by atoms with E-state index in [9.17, 15) is 9.59 Å². The molecule has 1 amide bonds.